The maximum atomic E-state index is 10.9. The number of aromatic nitrogens is 2. The maximum absolute atomic E-state index is 10.9. The van der Waals surface area contributed by atoms with Crippen molar-refractivity contribution in [3.05, 3.63) is 48.5 Å². The monoisotopic (exact) mass is 273 g/mol. The molecule has 5 nitrogen and oxygen atoms in total. The van der Waals surface area contributed by atoms with Gasteiger partial charge in [-0.15, -0.1) is 0 Å². The molecule has 0 aliphatic carbocycles. The fraction of sp³-hybridized carbons (Fsp3) is 0.333. The molecule has 20 heavy (non-hydrogen) atoms. The van der Waals surface area contributed by atoms with E-state index in [9.17, 15) is 4.79 Å². The average Bonchev–Trinajstić information content (AvgIpc) is 2.92. The molecule has 0 aliphatic rings. The van der Waals surface area contributed by atoms with E-state index in [-0.39, 0.29) is 12.6 Å². The second-order valence-electron chi connectivity index (χ2n) is 5.03. The summed E-state index contributed by atoms with van der Waals surface area (Å²) in [4.78, 5) is 16.8. The van der Waals surface area contributed by atoms with Gasteiger partial charge in [0.05, 0.1) is 12.9 Å². The smallest absolute Gasteiger partial charge is 0.317 e. The number of rotatable bonds is 6. The highest BCUT2D eigenvalue weighted by atomic mass is 16.4. The van der Waals surface area contributed by atoms with Gasteiger partial charge in [-0.25, -0.2) is 4.98 Å². The van der Waals surface area contributed by atoms with E-state index >= 15 is 0 Å². The Bertz CT molecular complexity index is 547. The predicted molar refractivity (Wildman–Crippen MR) is 76.7 cm³/mol. The molecule has 0 unspecified atom stereocenters. The number of benzene rings is 1. The Morgan fingerprint density at radius 1 is 1.35 bits per heavy atom. The van der Waals surface area contributed by atoms with E-state index in [1.807, 2.05) is 53.8 Å². The highest BCUT2D eigenvalue weighted by Crippen LogP contribution is 2.12. The zero-order valence-corrected chi connectivity index (χ0v) is 11.7. The van der Waals surface area contributed by atoms with E-state index in [4.69, 9.17) is 5.11 Å². The van der Waals surface area contributed by atoms with Gasteiger partial charge in [-0.1, -0.05) is 12.1 Å². The Kier molecular flexibility index (Phi) is 4.53. The standard InChI is InChI=1S/C15H19N3O2/c1-12(2)18(10-15(19)20)9-13-3-5-14(6-4-13)17-8-7-16-11-17/h3-8,11-12H,9-10H2,1-2H3,(H,19,20). The Morgan fingerprint density at radius 2 is 2.05 bits per heavy atom. The van der Waals surface area contributed by atoms with Crippen LogP contribution in [0.3, 0.4) is 0 Å². The first-order valence-electron chi connectivity index (χ1n) is 6.59. The molecule has 0 radical (unpaired) electrons. The molecule has 5 heteroatoms. The van der Waals surface area contributed by atoms with Crippen molar-refractivity contribution in [2.75, 3.05) is 6.54 Å². The van der Waals surface area contributed by atoms with Gasteiger partial charge in [0.15, 0.2) is 0 Å². The summed E-state index contributed by atoms with van der Waals surface area (Å²) < 4.78 is 1.93. The van der Waals surface area contributed by atoms with Gasteiger partial charge in [0.2, 0.25) is 0 Å². The second kappa shape index (κ2) is 6.34. The topological polar surface area (TPSA) is 58.4 Å². The second-order valence-corrected chi connectivity index (χ2v) is 5.03. The lowest BCUT2D eigenvalue weighted by atomic mass is 10.1. The van der Waals surface area contributed by atoms with Gasteiger partial charge < -0.3 is 9.67 Å². The van der Waals surface area contributed by atoms with Gasteiger partial charge in [0.1, 0.15) is 0 Å². The molecule has 106 valence electrons. The molecule has 0 saturated carbocycles. The van der Waals surface area contributed by atoms with Gasteiger partial charge in [0.25, 0.3) is 0 Å². The third-order valence-electron chi connectivity index (χ3n) is 3.19. The number of carboxylic acids is 1. The molecule has 1 aromatic heterocycles. The molecule has 0 amide bonds. The van der Waals surface area contributed by atoms with Crippen LogP contribution in [0.4, 0.5) is 0 Å². The Balaban J connectivity index is 2.07. The largest absolute Gasteiger partial charge is 0.480 e. The van der Waals surface area contributed by atoms with Crippen molar-refractivity contribution >= 4 is 5.97 Å². The lowest BCUT2D eigenvalue weighted by Crippen LogP contribution is -2.35. The van der Waals surface area contributed by atoms with Crippen LogP contribution < -0.4 is 0 Å². The van der Waals surface area contributed by atoms with E-state index in [1.165, 1.54) is 0 Å². The van der Waals surface area contributed by atoms with Crippen molar-refractivity contribution in [2.45, 2.75) is 26.4 Å². The van der Waals surface area contributed by atoms with E-state index in [0.717, 1.165) is 11.3 Å². The van der Waals surface area contributed by atoms with Crippen LogP contribution in [0.5, 0.6) is 0 Å². The molecule has 0 spiro atoms. The lowest BCUT2D eigenvalue weighted by Gasteiger charge is -2.24. The molecular weight excluding hydrogens is 254 g/mol. The maximum Gasteiger partial charge on any atom is 0.317 e. The van der Waals surface area contributed by atoms with E-state index in [2.05, 4.69) is 4.98 Å². The molecule has 2 aromatic rings. The molecular formula is C15H19N3O2. The predicted octanol–water partition coefficient (Wildman–Crippen LogP) is 2.17. The van der Waals surface area contributed by atoms with Gasteiger partial charge >= 0.3 is 5.97 Å². The SMILES string of the molecule is CC(C)N(CC(=O)O)Cc1ccc(-n2ccnc2)cc1. The average molecular weight is 273 g/mol. The first-order valence-corrected chi connectivity index (χ1v) is 6.59. The molecule has 0 atom stereocenters. The number of carbonyl (C=O) groups is 1. The minimum Gasteiger partial charge on any atom is -0.480 e. The molecule has 0 fully saturated rings. The quantitative estimate of drug-likeness (QED) is 0.876. The first-order chi connectivity index (χ1) is 9.56. The Labute approximate surface area is 118 Å². The van der Waals surface area contributed by atoms with Crippen LogP contribution in [-0.4, -0.2) is 38.1 Å². The van der Waals surface area contributed by atoms with E-state index < -0.39 is 5.97 Å². The first kappa shape index (κ1) is 14.3. The lowest BCUT2D eigenvalue weighted by molar-refractivity contribution is -0.138. The number of imidazole rings is 1. The summed E-state index contributed by atoms with van der Waals surface area (Å²) in [5.41, 5.74) is 2.14. The van der Waals surface area contributed by atoms with E-state index in [0.29, 0.717) is 6.54 Å². The van der Waals surface area contributed by atoms with Gasteiger partial charge in [-0.2, -0.15) is 0 Å². The zero-order valence-electron chi connectivity index (χ0n) is 11.7. The van der Waals surface area contributed by atoms with Crippen molar-refractivity contribution in [1.82, 2.24) is 14.5 Å². The normalized spacial score (nSPS) is 11.2. The zero-order chi connectivity index (χ0) is 14.5. The minimum atomic E-state index is -0.797. The van der Waals surface area contributed by atoms with Gasteiger partial charge in [0, 0.05) is 30.7 Å². The molecule has 2 rings (SSSR count). The molecule has 0 saturated heterocycles. The molecule has 1 heterocycles. The summed E-state index contributed by atoms with van der Waals surface area (Å²) in [6, 6.07) is 8.26. The summed E-state index contributed by atoms with van der Waals surface area (Å²) in [6.45, 7) is 4.70. The Hall–Kier alpha value is -2.14. The third-order valence-corrected chi connectivity index (χ3v) is 3.19. The molecule has 1 aromatic carbocycles. The van der Waals surface area contributed by atoms with E-state index in [1.54, 1.807) is 12.5 Å². The summed E-state index contributed by atoms with van der Waals surface area (Å²) in [7, 11) is 0. The Morgan fingerprint density at radius 3 is 2.55 bits per heavy atom. The number of hydrogen-bond donors (Lipinski definition) is 1. The van der Waals surface area contributed by atoms with Crippen LogP contribution in [0.25, 0.3) is 5.69 Å². The summed E-state index contributed by atoms with van der Waals surface area (Å²) in [5.74, 6) is -0.797. The van der Waals surface area contributed by atoms with Crippen molar-refractivity contribution in [3.63, 3.8) is 0 Å². The molecule has 0 aliphatic heterocycles. The van der Waals surface area contributed by atoms with Crippen LogP contribution in [0, 0.1) is 0 Å². The number of carboxylic acid groups (broad SMARTS) is 1. The fourth-order valence-electron chi connectivity index (χ4n) is 2.01. The van der Waals surface area contributed by atoms with Crippen LogP contribution >= 0.6 is 0 Å². The summed E-state index contributed by atoms with van der Waals surface area (Å²) >= 11 is 0. The van der Waals surface area contributed by atoms with Crippen molar-refractivity contribution in [3.8, 4) is 5.69 Å². The number of hydrogen-bond acceptors (Lipinski definition) is 3. The highest BCUT2D eigenvalue weighted by molar-refractivity contribution is 5.69. The van der Waals surface area contributed by atoms with Gasteiger partial charge in [-0.3, -0.25) is 9.69 Å². The van der Waals surface area contributed by atoms with Crippen LogP contribution in [-0.2, 0) is 11.3 Å². The van der Waals surface area contributed by atoms with Crippen LogP contribution in [0.1, 0.15) is 19.4 Å². The minimum absolute atomic E-state index is 0.0565. The van der Waals surface area contributed by atoms with Crippen LogP contribution in [0.2, 0.25) is 0 Å². The number of aliphatic carboxylic acids is 1. The number of nitrogens with zero attached hydrogens (tertiary/aromatic N) is 3. The summed E-state index contributed by atoms with van der Waals surface area (Å²) in [5, 5.41) is 8.93. The van der Waals surface area contributed by atoms with Crippen molar-refractivity contribution in [1.29, 1.82) is 0 Å². The fourth-order valence-corrected chi connectivity index (χ4v) is 2.01. The highest BCUT2D eigenvalue weighted by Gasteiger charge is 2.13. The molecule has 0 bridgehead atoms. The summed E-state index contributed by atoms with van der Waals surface area (Å²) in [6.07, 6.45) is 5.38. The van der Waals surface area contributed by atoms with Gasteiger partial charge in [-0.05, 0) is 31.5 Å². The van der Waals surface area contributed by atoms with Crippen molar-refractivity contribution in [2.24, 2.45) is 0 Å². The van der Waals surface area contributed by atoms with Crippen molar-refractivity contribution < 1.29 is 9.90 Å². The molecule has 1 N–H and O–H groups in total. The third kappa shape index (κ3) is 3.68. The van der Waals surface area contributed by atoms with Crippen LogP contribution in [0.15, 0.2) is 43.0 Å².